The highest BCUT2D eigenvalue weighted by atomic mass is 35.5. The molecule has 142 valence electrons. The second kappa shape index (κ2) is 8.28. The quantitative estimate of drug-likeness (QED) is 0.858. The van der Waals surface area contributed by atoms with Gasteiger partial charge in [0.15, 0.2) is 5.76 Å². The lowest BCUT2D eigenvalue weighted by atomic mass is 9.86. The van der Waals surface area contributed by atoms with Crippen molar-refractivity contribution in [3.8, 4) is 11.3 Å². The summed E-state index contributed by atoms with van der Waals surface area (Å²) in [6.45, 7) is 8.52. The number of hydrogen-bond acceptors (Lipinski definition) is 3. The van der Waals surface area contributed by atoms with Crippen molar-refractivity contribution in [2.24, 2.45) is 0 Å². The molecule has 1 aliphatic heterocycles. The van der Waals surface area contributed by atoms with Gasteiger partial charge < -0.3 is 14.6 Å². The van der Waals surface area contributed by atoms with Crippen molar-refractivity contribution in [2.45, 2.75) is 45.1 Å². The molecule has 0 atom stereocenters. The van der Waals surface area contributed by atoms with E-state index in [2.05, 4.69) is 50.4 Å². The van der Waals surface area contributed by atoms with Gasteiger partial charge in [0.25, 0.3) is 5.91 Å². The maximum Gasteiger partial charge on any atom is 0.289 e. The van der Waals surface area contributed by atoms with Crippen molar-refractivity contribution < 1.29 is 9.21 Å². The predicted molar refractivity (Wildman–Crippen MR) is 108 cm³/mol. The number of nitrogens with one attached hydrogen (secondary N) is 1. The summed E-state index contributed by atoms with van der Waals surface area (Å²) >= 11 is 0. The fourth-order valence-corrected chi connectivity index (χ4v) is 3.28. The molecule has 2 heterocycles. The lowest BCUT2D eigenvalue weighted by Gasteiger charge is -2.31. The van der Waals surface area contributed by atoms with E-state index in [1.54, 1.807) is 6.07 Å². The Morgan fingerprint density at radius 3 is 2.27 bits per heavy atom. The first-order valence-corrected chi connectivity index (χ1v) is 9.05. The third kappa shape index (κ3) is 4.49. The maximum absolute atomic E-state index is 12.7. The molecule has 1 amide bonds. The highest BCUT2D eigenvalue weighted by molar-refractivity contribution is 5.92. The number of nitrogens with zero attached hydrogens (tertiary/aromatic N) is 1. The zero-order chi connectivity index (χ0) is 18.0. The molecule has 1 N–H and O–H groups in total. The van der Waals surface area contributed by atoms with Crippen LogP contribution in [0.2, 0.25) is 0 Å². The molecule has 3 rings (SSSR count). The largest absolute Gasteiger partial charge is 0.451 e. The molecule has 1 aromatic heterocycles. The summed E-state index contributed by atoms with van der Waals surface area (Å²) in [7, 11) is 1.87. The minimum absolute atomic E-state index is 0. The van der Waals surface area contributed by atoms with Crippen LogP contribution in [0.1, 0.15) is 49.7 Å². The molecule has 26 heavy (non-hydrogen) atoms. The second-order valence-corrected chi connectivity index (χ2v) is 7.89. The van der Waals surface area contributed by atoms with Gasteiger partial charge in [-0.1, -0.05) is 45.0 Å². The number of amides is 1. The summed E-state index contributed by atoms with van der Waals surface area (Å²) < 4.78 is 5.86. The molecule has 2 aromatic rings. The first kappa shape index (κ1) is 20.5. The second-order valence-electron chi connectivity index (χ2n) is 7.89. The van der Waals surface area contributed by atoms with Crippen LogP contribution in [0.3, 0.4) is 0 Å². The summed E-state index contributed by atoms with van der Waals surface area (Å²) in [5, 5.41) is 3.33. The maximum atomic E-state index is 12.7. The highest BCUT2D eigenvalue weighted by Crippen LogP contribution is 2.28. The van der Waals surface area contributed by atoms with Crippen LogP contribution in [0.25, 0.3) is 11.3 Å². The highest BCUT2D eigenvalue weighted by Gasteiger charge is 2.25. The van der Waals surface area contributed by atoms with E-state index < -0.39 is 0 Å². The van der Waals surface area contributed by atoms with Crippen LogP contribution < -0.4 is 5.32 Å². The fraction of sp³-hybridized carbons (Fsp3) is 0.476. The van der Waals surface area contributed by atoms with Crippen LogP contribution >= 0.6 is 12.4 Å². The number of hydrogen-bond donors (Lipinski definition) is 1. The average Bonchev–Trinajstić information content (AvgIpc) is 3.10. The zero-order valence-electron chi connectivity index (χ0n) is 16.0. The van der Waals surface area contributed by atoms with Gasteiger partial charge in [0.2, 0.25) is 0 Å². The standard InChI is InChI=1S/C21H28N2O2.ClH/c1-21(2,3)16-7-5-15(6-8-16)18-9-10-19(25-18)20(24)23(4)17-11-13-22-14-12-17;/h5-10,17,22H,11-14H2,1-4H3;1H. The average molecular weight is 377 g/mol. The van der Waals surface area contributed by atoms with Crippen LogP contribution in [0.5, 0.6) is 0 Å². The van der Waals surface area contributed by atoms with E-state index in [1.165, 1.54) is 5.56 Å². The fourth-order valence-electron chi connectivity index (χ4n) is 3.28. The van der Waals surface area contributed by atoms with Crippen molar-refractivity contribution in [3.63, 3.8) is 0 Å². The van der Waals surface area contributed by atoms with Crippen molar-refractivity contribution >= 4 is 18.3 Å². The molecule has 1 saturated heterocycles. The minimum atomic E-state index is -0.0375. The van der Waals surface area contributed by atoms with Gasteiger partial charge in [0.1, 0.15) is 5.76 Å². The van der Waals surface area contributed by atoms with Crippen molar-refractivity contribution in [1.29, 1.82) is 0 Å². The third-order valence-electron chi connectivity index (χ3n) is 5.03. The molecule has 0 spiro atoms. The summed E-state index contributed by atoms with van der Waals surface area (Å²) in [6.07, 6.45) is 1.98. The molecular weight excluding hydrogens is 348 g/mol. The number of benzene rings is 1. The smallest absolute Gasteiger partial charge is 0.289 e. The molecule has 0 bridgehead atoms. The van der Waals surface area contributed by atoms with E-state index >= 15 is 0 Å². The van der Waals surface area contributed by atoms with Crippen LogP contribution in [-0.2, 0) is 5.41 Å². The Morgan fingerprint density at radius 1 is 1.08 bits per heavy atom. The Morgan fingerprint density at radius 2 is 1.69 bits per heavy atom. The number of rotatable bonds is 3. The summed E-state index contributed by atoms with van der Waals surface area (Å²) in [6, 6.07) is 12.3. The number of furan rings is 1. The van der Waals surface area contributed by atoms with Crippen LogP contribution in [0.15, 0.2) is 40.8 Å². The minimum Gasteiger partial charge on any atom is -0.451 e. The lowest BCUT2D eigenvalue weighted by molar-refractivity contribution is 0.0672. The summed E-state index contributed by atoms with van der Waals surface area (Å²) in [4.78, 5) is 14.5. The monoisotopic (exact) mass is 376 g/mol. The van der Waals surface area contributed by atoms with Gasteiger partial charge in [-0.3, -0.25) is 4.79 Å². The van der Waals surface area contributed by atoms with E-state index in [9.17, 15) is 4.79 Å². The molecule has 0 aliphatic carbocycles. The number of carbonyl (C=O) groups is 1. The Bertz CT molecular complexity index is 725. The van der Waals surface area contributed by atoms with Crippen molar-refractivity contribution in [2.75, 3.05) is 20.1 Å². The third-order valence-corrected chi connectivity index (χ3v) is 5.03. The Kier molecular flexibility index (Phi) is 6.53. The molecule has 1 aliphatic rings. The molecule has 0 unspecified atom stereocenters. The molecule has 0 radical (unpaired) electrons. The van der Waals surface area contributed by atoms with Crippen LogP contribution in [0, 0.1) is 0 Å². The number of halogens is 1. The summed E-state index contributed by atoms with van der Waals surface area (Å²) in [5.41, 5.74) is 2.40. The Balaban J connectivity index is 0.00000243. The first-order valence-electron chi connectivity index (χ1n) is 9.05. The molecule has 1 aromatic carbocycles. The van der Waals surface area contributed by atoms with E-state index in [-0.39, 0.29) is 29.8 Å². The first-order chi connectivity index (χ1) is 11.9. The van der Waals surface area contributed by atoms with E-state index in [4.69, 9.17) is 4.42 Å². The molecule has 4 nitrogen and oxygen atoms in total. The van der Waals surface area contributed by atoms with Gasteiger partial charge in [-0.2, -0.15) is 0 Å². The van der Waals surface area contributed by atoms with Crippen molar-refractivity contribution in [3.05, 3.63) is 47.7 Å². The summed E-state index contributed by atoms with van der Waals surface area (Å²) in [5.74, 6) is 1.11. The normalized spacial score (nSPS) is 15.4. The SMILES string of the molecule is CN(C(=O)c1ccc(-c2ccc(C(C)(C)C)cc2)o1)C1CCNCC1.Cl. The Labute approximate surface area is 162 Å². The molecule has 5 heteroatoms. The molecule has 0 saturated carbocycles. The van der Waals surface area contributed by atoms with Crippen LogP contribution in [0.4, 0.5) is 0 Å². The van der Waals surface area contributed by atoms with Crippen molar-refractivity contribution in [1.82, 2.24) is 10.2 Å². The van der Waals surface area contributed by atoms with Gasteiger partial charge >= 0.3 is 0 Å². The van der Waals surface area contributed by atoms with Gasteiger partial charge in [-0.25, -0.2) is 0 Å². The van der Waals surface area contributed by atoms with Gasteiger partial charge in [-0.15, -0.1) is 12.4 Å². The van der Waals surface area contributed by atoms with E-state index in [0.29, 0.717) is 5.76 Å². The number of piperidine rings is 1. The molecule has 1 fully saturated rings. The zero-order valence-corrected chi connectivity index (χ0v) is 16.9. The van der Waals surface area contributed by atoms with Gasteiger partial charge in [0.05, 0.1) is 0 Å². The topological polar surface area (TPSA) is 45.5 Å². The van der Waals surface area contributed by atoms with Gasteiger partial charge in [-0.05, 0) is 49.0 Å². The lowest BCUT2D eigenvalue weighted by Crippen LogP contribution is -2.43. The van der Waals surface area contributed by atoms with E-state index in [0.717, 1.165) is 37.3 Å². The Hall–Kier alpha value is -1.78. The van der Waals surface area contributed by atoms with E-state index in [1.807, 2.05) is 18.0 Å². The van der Waals surface area contributed by atoms with Crippen LogP contribution in [-0.4, -0.2) is 37.0 Å². The molecular formula is C21H29ClN2O2. The number of carbonyl (C=O) groups excluding carboxylic acids is 1. The predicted octanol–water partition coefficient (Wildman–Crippen LogP) is 4.49. The van der Waals surface area contributed by atoms with Gasteiger partial charge in [0, 0.05) is 18.7 Å².